The van der Waals surface area contributed by atoms with Crippen molar-refractivity contribution in [3.05, 3.63) is 48.2 Å². The summed E-state index contributed by atoms with van der Waals surface area (Å²) in [6, 6.07) is 11.5. The predicted molar refractivity (Wildman–Crippen MR) is 104 cm³/mol. The van der Waals surface area contributed by atoms with Crippen molar-refractivity contribution in [2.24, 2.45) is 0 Å². The van der Waals surface area contributed by atoms with Crippen LogP contribution in [-0.2, 0) is 4.79 Å². The first-order valence-corrected chi connectivity index (χ1v) is 8.80. The zero-order chi connectivity index (χ0) is 19.6. The van der Waals surface area contributed by atoms with E-state index >= 15 is 0 Å². The van der Waals surface area contributed by atoms with Crippen LogP contribution < -0.4 is 5.32 Å². The number of benzene rings is 1. The van der Waals surface area contributed by atoms with E-state index in [2.05, 4.69) is 10.4 Å². The van der Waals surface area contributed by atoms with Crippen LogP contribution in [0.5, 0.6) is 0 Å². The Morgan fingerprint density at radius 3 is 2.52 bits per heavy atom. The molecule has 1 N–H and O–H groups in total. The van der Waals surface area contributed by atoms with Gasteiger partial charge in [0.15, 0.2) is 5.65 Å². The van der Waals surface area contributed by atoms with Crippen LogP contribution in [0.3, 0.4) is 0 Å². The van der Waals surface area contributed by atoms with Gasteiger partial charge >= 0.3 is 0 Å². The molecule has 0 saturated carbocycles. The fraction of sp³-hybridized carbons (Fsp3) is 0.300. The second-order valence-electron chi connectivity index (χ2n) is 6.81. The molecule has 2 heterocycles. The third-order valence-electron chi connectivity index (χ3n) is 4.27. The molecule has 2 aromatic heterocycles. The van der Waals surface area contributed by atoms with Gasteiger partial charge in [0.2, 0.25) is 5.91 Å². The Labute approximate surface area is 158 Å². The Kier molecular flexibility index (Phi) is 5.21. The molecule has 7 heteroatoms. The lowest BCUT2D eigenvalue weighted by Crippen LogP contribution is -2.36. The molecule has 0 radical (unpaired) electrons. The molecule has 0 fully saturated rings. The van der Waals surface area contributed by atoms with Gasteiger partial charge in [0, 0.05) is 25.7 Å². The maximum Gasteiger partial charge on any atom is 0.252 e. The fourth-order valence-corrected chi connectivity index (χ4v) is 2.75. The zero-order valence-electron chi connectivity index (χ0n) is 15.9. The van der Waals surface area contributed by atoms with E-state index in [0.29, 0.717) is 22.3 Å². The number of hydrogen-bond acceptors (Lipinski definition) is 4. The highest BCUT2D eigenvalue weighted by Crippen LogP contribution is 2.26. The average molecular weight is 365 g/mol. The lowest BCUT2D eigenvalue weighted by molar-refractivity contribution is -0.127. The van der Waals surface area contributed by atoms with E-state index in [1.54, 1.807) is 31.0 Å². The summed E-state index contributed by atoms with van der Waals surface area (Å²) >= 11 is 0. The molecule has 3 aromatic rings. The van der Waals surface area contributed by atoms with Gasteiger partial charge in [0.05, 0.1) is 29.4 Å². The van der Waals surface area contributed by atoms with Crippen LogP contribution in [0.25, 0.3) is 22.3 Å². The second kappa shape index (κ2) is 7.57. The van der Waals surface area contributed by atoms with E-state index in [1.807, 2.05) is 44.2 Å². The number of likely N-dealkylation sites (N-methyl/N-ethyl adjacent to an activating group) is 1. The van der Waals surface area contributed by atoms with E-state index in [4.69, 9.17) is 4.98 Å². The van der Waals surface area contributed by atoms with Crippen molar-refractivity contribution in [3.8, 4) is 11.3 Å². The van der Waals surface area contributed by atoms with Gasteiger partial charge in [0.25, 0.3) is 5.91 Å². The molecule has 2 amide bonds. The van der Waals surface area contributed by atoms with Gasteiger partial charge < -0.3 is 10.2 Å². The normalized spacial score (nSPS) is 11.0. The first-order chi connectivity index (χ1) is 12.9. The number of amides is 2. The molecule has 1 aromatic carbocycles. The number of carbonyl (C=O) groups excluding carboxylic acids is 2. The maximum absolute atomic E-state index is 12.8. The van der Waals surface area contributed by atoms with Crippen LogP contribution >= 0.6 is 0 Å². The summed E-state index contributed by atoms with van der Waals surface area (Å²) in [5.74, 6) is -0.493. The molecular formula is C20H23N5O2. The van der Waals surface area contributed by atoms with Crippen LogP contribution in [-0.4, -0.2) is 52.1 Å². The first-order valence-electron chi connectivity index (χ1n) is 8.80. The fourth-order valence-electron chi connectivity index (χ4n) is 2.75. The van der Waals surface area contributed by atoms with Gasteiger partial charge in [-0.1, -0.05) is 30.3 Å². The first kappa shape index (κ1) is 18.6. The molecule has 0 aliphatic rings. The Bertz CT molecular complexity index is 977. The number of hydrogen-bond donors (Lipinski definition) is 1. The van der Waals surface area contributed by atoms with E-state index in [1.165, 1.54) is 4.90 Å². The van der Waals surface area contributed by atoms with Gasteiger partial charge in [-0.15, -0.1) is 0 Å². The number of pyridine rings is 1. The summed E-state index contributed by atoms with van der Waals surface area (Å²) in [7, 11) is 3.30. The number of carbonyl (C=O) groups is 2. The summed E-state index contributed by atoms with van der Waals surface area (Å²) in [6.07, 6.45) is 1.65. The molecule has 0 atom stereocenters. The summed E-state index contributed by atoms with van der Waals surface area (Å²) < 4.78 is 1.80. The number of fused-ring (bicyclic) bond motifs is 1. The van der Waals surface area contributed by atoms with E-state index in [0.717, 1.165) is 5.56 Å². The van der Waals surface area contributed by atoms with Gasteiger partial charge in [-0.25, -0.2) is 9.67 Å². The molecule has 0 unspecified atom stereocenters. The largest absolute Gasteiger partial charge is 0.347 e. The van der Waals surface area contributed by atoms with E-state index in [9.17, 15) is 9.59 Å². The summed E-state index contributed by atoms with van der Waals surface area (Å²) in [6.45, 7) is 3.96. The van der Waals surface area contributed by atoms with E-state index < -0.39 is 0 Å². The van der Waals surface area contributed by atoms with Gasteiger partial charge in [-0.2, -0.15) is 5.10 Å². The van der Waals surface area contributed by atoms with Gasteiger partial charge in [-0.3, -0.25) is 9.59 Å². The van der Waals surface area contributed by atoms with Crippen molar-refractivity contribution in [1.29, 1.82) is 0 Å². The maximum atomic E-state index is 12.8. The zero-order valence-corrected chi connectivity index (χ0v) is 15.9. The molecule has 27 heavy (non-hydrogen) atoms. The number of nitrogens with zero attached hydrogens (tertiary/aromatic N) is 4. The second-order valence-corrected chi connectivity index (χ2v) is 6.81. The standard InChI is InChI=1S/C20H23N5O2/c1-13(2)25-19-16(11-22-25)15(20(27)21-12-18(26)24(3)4)10-17(23-19)14-8-6-5-7-9-14/h5-11,13H,12H2,1-4H3,(H,21,27). The van der Waals surface area contributed by atoms with Crippen molar-refractivity contribution in [1.82, 2.24) is 25.0 Å². The molecule has 7 nitrogen and oxygen atoms in total. The highest BCUT2D eigenvalue weighted by Gasteiger charge is 2.19. The third-order valence-corrected chi connectivity index (χ3v) is 4.27. The monoisotopic (exact) mass is 365 g/mol. The minimum absolute atomic E-state index is 0.0609. The lowest BCUT2D eigenvalue weighted by Gasteiger charge is -2.13. The predicted octanol–water partition coefficient (Wildman–Crippen LogP) is 2.50. The van der Waals surface area contributed by atoms with Crippen molar-refractivity contribution >= 4 is 22.8 Å². The molecular weight excluding hydrogens is 342 g/mol. The number of rotatable bonds is 5. The van der Waals surface area contributed by atoms with Crippen LogP contribution in [0.1, 0.15) is 30.2 Å². The van der Waals surface area contributed by atoms with Crippen molar-refractivity contribution < 1.29 is 9.59 Å². The summed E-state index contributed by atoms with van der Waals surface area (Å²) in [5, 5.41) is 7.75. The molecule has 0 aliphatic carbocycles. The summed E-state index contributed by atoms with van der Waals surface area (Å²) in [4.78, 5) is 30.8. The molecule has 140 valence electrons. The molecule has 0 saturated heterocycles. The Hall–Kier alpha value is -3.22. The van der Waals surface area contributed by atoms with Crippen molar-refractivity contribution in [2.45, 2.75) is 19.9 Å². The quantitative estimate of drug-likeness (QED) is 0.753. The van der Waals surface area contributed by atoms with Crippen LogP contribution in [0, 0.1) is 0 Å². The SMILES string of the molecule is CC(C)n1ncc2c(C(=O)NCC(=O)N(C)C)cc(-c3ccccc3)nc21. The molecule has 0 bridgehead atoms. The van der Waals surface area contributed by atoms with Gasteiger partial charge in [0.1, 0.15) is 0 Å². The average Bonchev–Trinajstić information content (AvgIpc) is 3.09. The lowest BCUT2D eigenvalue weighted by atomic mass is 10.1. The Morgan fingerprint density at radius 2 is 1.89 bits per heavy atom. The minimum atomic E-state index is -0.321. The van der Waals surface area contributed by atoms with Crippen LogP contribution in [0.4, 0.5) is 0 Å². The molecule has 0 aliphatic heterocycles. The van der Waals surface area contributed by atoms with Crippen LogP contribution in [0.15, 0.2) is 42.6 Å². The van der Waals surface area contributed by atoms with Gasteiger partial charge in [-0.05, 0) is 19.9 Å². The number of nitrogens with one attached hydrogen (secondary N) is 1. The number of aromatic nitrogens is 3. The smallest absolute Gasteiger partial charge is 0.252 e. The molecule has 0 spiro atoms. The topological polar surface area (TPSA) is 80.1 Å². The van der Waals surface area contributed by atoms with Crippen molar-refractivity contribution in [3.63, 3.8) is 0 Å². The van der Waals surface area contributed by atoms with Crippen molar-refractivity contribution in [2.75, 3.05) is 20.6 Å². The Balaban J connectivity index is 2.07. The minimum Gasteiger partial charge on any atom is -0.347 e. The van der Waals surface area contributed by atoms with E-state index in [-0.39, 0.29) is 24.4 Å². The van der Waals surface area contributed by atoms with Crippen LogP contribution in [0.2, 0.25) is 0 Å². The Morgan fingerprint density at radius 1 is 1.19 bits per heavy atom. The summed E-state index contributed by atoms with van der Waals surface area (Å²) in [5.41, 5.74) is 2.71. The highest BCUT2D eigenvalue weighted by atomic mass is 16.2. The third kappa shape index (κ3) is 3.81. The highest BCUT2D eigenvalue weighted by molar-refractivity contribution is 6.07. The molecule has 3 rings (SSSR count).